The second-order valence-electron chi connectivity index (χ2n) is 4.91. The van der Waals surface area contributed by atoms with Crippen LogP contribution >= 0.6 is 0 Å². The first kappa shape index (κ1) is 14.3. The van der Waals surface area contributed by atoms with Crippen LogP contribution in [-0.2, 0) is 10.0 Å². The van der Waals surface area contributed by atoms with Crippen LogP contribution < -0.4 is 9.62 Å². The quantitative estimate of drug-likeness (QED) is 0.858. The molecule has 1 aromatic carbocycles. The number of nitrogens with one attached hydrogen (secondary N) is 1. The predicted octanol–water partition coefficient (Wildman–Crippen LogP) is 0.802. The Kier molecular flexibility index (Phi) is 4.13. The molecular weight excluding hydrogens is 264 g/mol. The number of nitrogens with zero attached hydrogens (tertiary/aromatic N) is 1. The van der Waals surface area contributed by atoms with Gasteiger partial charge in [0.25, 0.3) is 0 Å². The van der Waals surface area contributed by atoms with Crippen molar-refractivity contribution < 1.29 is 13.5 Å². The fourth-order valence-corrected chi connectivity index (χ4v) is 3.41. The smallest absolute Gasteiger partial charge is 0.242 e. The monoisotopic (exact) mass is 284 g/mol. The van der Waals surface area contributed by atoms with Gasteiger partial charge in [-0.15, -0.1) is 0 Å². The van der Waals surface area contributed by atoms with E-state index in [4.69, 9.17) is 0 Å². The number of sulfonamides is 1. The number of rotatable bonds is 4. The van der Waals surface area contributed by atoms with Crippen LogP contribution in [0.4, 0.5) is 5.69 Å². The van der Waals surface area contributed by atoms with Gasteiger partial charge in [-0.3, -0.25) is 0 Å². The van der Waals surface area contributed by atoms with Gasteiger partial charge in [0.15, 0.2) is 0 Å². The van der Waals surface area contributed by atoms with E-state index in [0.29, 0.717) is 17.1 Å². The van der Waals surface area contributed by atoms with Crippen LogP contribution in [0.15, 0.2) is 29.2 Å². The maximum absolute atomic E-state index is 12.0. The van der Waals surface area contributed by atoms with E-state index in [2.05, 4.69) is 4.72 Å². The largest absolute Gasteiger partial charge is 0.393 e. The molecule has 1 heterocycles. The first-order valence-electron chi connectivity index (χ1n) is 6.41. The fraction of sp³-hybridized carbons (Fsp3) is 0.538. The molecule has 2 unspecified atom stereocenters. The van der Waals surface area contributed by atoms with Crippen molar-refractivity contribution in [1.29, 1.82) is 0 Å². The van der Waals surface area contributed by atoms with E-state index >= 15 is 0 Å². The van der Waals surface area contributed by atoms with Crippen LogP contribution in [0, 0.1) is 5.92 Å². The average Bonchev–Trinajstić information content (AvgIpc) is 2.88. The van der Waals surface area contributed by atoms with Gasteiger partial charge in [0.05, 0.1) is 11.8 Å². The molecule has 5 nitrogen and oxygen atoms in total. The van der Waals surface area contributed by atoms with E-state index in [1.165, 1.54) is 7.05 Å². The zero-order valence-corrected chi connectivity index (χ0v) is 12.0. The van der Waals surface area contributed by atoms with Gasteiger partial charge >= 0.3 is 0 Å². The summed E-state index contributed by atoms with van der Waals surface area (Å²) < 4.78 is 26.4. The van der Waals surface area contributed by atoms with Gasteiger partial charge in [-0.2, -0.15) is 0 Å². The maximum atomic E-state index is 12.0. The van der Waals surface area contributed by atoms with E-state index in [0.717, 1.165) is 13.0 Å². The molecule has 0 aliphatic carbocycles. The van der Waals surface area contributed by atoms with E-state index in [-0.39, 0.29) is 12.0 Å². The minimum atomic E-state index is -3.46. The SMILES string of the molecule is CNS(=O)(=O)c1ccccc1N1CCC(C(C)O)C1. The van der Waals surface area contributed by atoms with Crippen molar-refractivity contribution >= 4 is 15.7 Å². The molecule has 0 aromatic heterocycles. The van der Waals surface area contributed by atoms with E-state index in [9.17, 15) is 13.5 Å². The van der Waals surface area contributed by atoms with E-state index in [1.807, 2.05) is 17.0 Å². The Morgan fingerprint density at radius 1 is 1.42 bits per heavy atom. The summed E-state index contributed by atoms with van der Waals surface area (Å²) in [6.45, 7) is 3.24. The molecule has 1 saturated heterocycles. The molecule has 106 valence electrons. The molecule has 19 heavy (non-hydrogen) atoms. The molecule has 0 radical (unpaired) electrons. The third-order valence-electron chi connectivity index (χ3n) is 3.67. The molecule has 2 N–H and O–H groups in total. The number of aliphatic hydroxyl groups is 1. The normalized spacial score (nSPS) is 21.6. The van der Waals surface area contributed by atoms with Crippen LogP contribution in [-0.4, -0.2) is 39.8 Å². The van der Waals surface area contributed by atoms with Crippen LogP contribution in [0.2, 0.25) is 0 Å². The van der Waals surface area contributed by atoms with Gasteiger partial charge in [-0.1, -0.05) is 12.1 Å². The Hall–Kier alpha value is -1.11. The minimum absolute atomic E-state index is 0.199. The number of benzene rings is 1. The van der Waals surface area contributed by atoms with Crippen molar-refractivity contribution in [3.05, 3.63) is 24.3 Å². The highest BCUT2D eigenvalue weighted by Crippen LogP contribution is 2.30. The maximum Gasteiger partial charge on any atom is 0.242 e. The summed E-state index contributed by atoms with van der Waals surface area (Å²) in [5.41, 5.74) is 0.708. The summed E-state index contributed by atoms with van der Waals surface area (Å²) in [7, 11) is -2.05. The summed E-state index contributed by atoms with van der Waals surface area (Å²) in [5, 5.41) is 9.63. The highest BCUT2D eigenvalue weighted by molar-refractivity contribution is 7.89. The Morgan fingerprint density at radius 2 is 2.11 bits per heavy atom. The number of para-hydroxylation sites is 1. The zero-order chi connectivity index (χ0) is 14.0. The highest BCUT2D eigenvalue weighted by atomic mass is 32.2. The second kappa shape index (κ2) is 5.48. The number of anilines is 1. The summed E-state index contributed by atoms with van der Waals surface area (Å²) in [6, 6.07) is 6.97. The van der Waals surface area contributed by atoms with Crippen LogP contribution in [0.1, 0.15) is 13.3 Å². The summed E-state index contributed by atoms with van der Waals surface area (Å²) >= 11 is 0. The molecule has 1 fully saturated rings. The second-order valence-corrected chi connectivity index (χ2v) is 6.77. The number of aliphatic hydroxyl groups excluding tert-OH is 1. The average molecular weight is 284 g/mol. The molecule has 0 bridgehead atoms. The van der Waals surface area contributed by atoms with Gasteiger partial charge in [-0.25, -0.2) is 13.1 Å². The molecule has 2 atom stereocenters. The zero-order valence-electron chi connectivity index (χ0n) is 11.2. The summed E-state index contributed by atoms with van der Waals surface area (Å²) in [5.74, 6) is 0.199. The van der Waals surface area contributed by atoms with Gasteiger partial charge < -0.3 is 10.0 Å². The molecule has 0 amide bonds. The third-order valence-corrected chi connectivity index (χ3v) is 5.13. The van der Waals surface area contributed by atoms with Crippen molar-refractivity contribution in [2.45, 2.75) is 24.3 Å². The topological polar surface area (TPSA) is 69.6 Å². The van der Waals surface area contributed by atoms with E-state index < -0.39 is 10.0 Å². The van der Waals surface area contributed by atoms with Crippen molar-refractivity contribution in [1.82, 2.24) is 4.72 Å². The predicted molar refractivity (Wildman–Crippen MR) is 74.7 cm³/mol. The van der Waals surface area contributed by atoms with Gasteiger partial charge in [-0.05, 0) is 32.5 Å². The van der Waals surface area contributed by atoms with Gasteiger partial charge in [0.1, 0.15) is 4.90 Å². The lowest BCUT2D eigenvalue weighted by Crippen LogP contribution is -2.27. The van der Waals surface area contributed by atoms with Crippen molar-refractivity contribution in [2.24, 2.45) is 5.92 Å². The first-order valence-corrected chi connectivity index (χ1v) is 7.89. The Morgan fingerprint density at radius 3 is 2.68 bits per heavy atom. The van der Waals surface area contributed by atoms with Crippen molar-refractivity contribution in [3.63, 3.8) is 0 Å². The Bertz CT molecular complexity index is 543. The van der Waals surface area contributed by atoms with Crippen LogP contribution in [0.3, 0.4) is 0 Å². The standard InChI is InChI=1S/C13H20N2O3S/c1-10(16)11-7-8-15(9-11)12-5-3-4-6-13(12)19(17,18)14-2/h3-6,10-11,14,16H,7-9H2,1-2H3. The lowest BCUT2D eigenvalue weighted by molar-refractivity contribution is 0.136. The molecule has 6 heteroatoms. The third kappa shape index (κ3) is 2.91. The molecule has 1 aromatic rings. The summed E-state index contributed by atoms with van der Waals surface area (Å²) in [4.78, 5) is 2.32. The van der Waals surface area contributed by atoms with Crippen LogP contribution in [0.25, 0.3) is 0 Å². The van der Waals surface area contributed by atoms with Gasteiger partial charge in [0, 0.05) is 19.0 Å². The molecule has 1 aliphatic heterocycles. The molecule has 2 rings (SSSR count). The molecule has 0 spiro atoms. The highest BCUT2D eigenvalue weighted by Gasteiger charge is 2.29. The number of hydrogen-bond acceptors (Lipinski definition) is 4. The molecular formula is C13H20N2O3S. The lowest BCUT2D eigenvalue weighted by Gasteiger charge is -2.22. The van der Waals surface area contributed by atoms with E-state index in [1.54, 1.807) is 19.1 Å². The van der Waals surface area contributed by atoms with Gasteiger partial charge in [0.2, 0.25) is 10.0 Å². The number of hydrogen-bond donors (Lipinski definition) is 2. The molecule has 1 aliphatic rings. The van der Waals surface area contributed by atoms with Crippen molar-refractivity contribution in [2.75, 3.05) is 25.0 Å². The molecule has 0 saturated carbocycles. The fourth-order valence-electron chi connectivity index (χ4n) is 2.46. The Labute approximate surface area is 114 Å². The Balaban J connectivity index is 2.32. The first-order chi connectivity index (χ1) is 8.95. The van der Waals surface area contributed by atoms with Crippen LogP contribution in [0.5, 0.6) is 0 Å². The minimum Gasteiger partial charge on any atom is -0.393 e. The lowest BCUT2D eigenvalue weighted by atomic mass is 10.0. The van der Waals surface area contributed by atoms with Crippen molar-refractivity contribution in [3.8, 4) is 0 Å². The summed E-state index contributed by atoms with van der Waals surface area (Å²) in [6.07, 6.45) is 0.518.